The van der Waals surface area contributed by atoms with Crippen LogP contribution in [0.25, 0.3) is 0 Å². The summed E-state index contributed by atoms with van der Waals surface area (Å²) in [4.78, 5) is 13.9. The first-order valence-electron chi connectivity index (χ1n) is 5.85. The van der Waals surface area contributed by atoms with Gasteiger partial charge in [-0.1, -0.05) is 19.3 Å². The predicted octanol–water partition coefficient (Wildman–Crippen LogP) is 1.27. The molecule has 1 unspecified atom stereocenters. The fourth-order valence-corrected chi connectivity index (χ4v) is 2.68. The van der Waals surface area contributed by atoms with Crippen LogP contribution in [-0.4, -0.2) is 29.4 Å². The number of nitrogens with two attached hydrogens (primary N) is 1. The van der Waals surface area contributed by atoms with Gasteiger partial charge < -0.3 is 10.6 Å². The SMILES string of the molecule is NC1CCCN(C2CCCCC2)C1=O. The van der Waals surface area contributed by atoms with Gasteiger partial charge in [0.15, 0.2) is 0 Å². The summed E-state index contributed by atoms with van der Waals surface area (Å²) in [5, 5.41) is 0. The Bertz CT molecular complexity index is 211. The van der Waals surface area contributed by atoms with Crippen LogP contribution in [0.4, 0.5) is 0 Å². The maximum atomic E-state index is 11.8. The number of carbonyl (C=O) groups is 1. The lowest BCUT2D eigenvalue weighted by molar-refractivity contribution is -0.138. The van der Waals surface area contributed by atoms with Crippen LogP contribution in [0.5, 0.6) is 0 Å². The highest BCUT2D eigenvalue weighted by molar-refractivity contribution is 5.82. The van der Waals surface area contributed by atoms with E-state index in [1.165, 1.54) is 32.1 Å². The lowest BCUT2D eigenvalue weighted by Crippen LogP contribution is -2.52. The molecule has 1 aliphatic carbocycles. The standard InChI is InChI=1S/C11H20N2O/c12-10-7-4-8-13(11(10)14)9-5-2-1-3-6-9/h9-10H,1-8,12H2. The monoisotopic (exact) mass is 196 g/mol. The summed E-state index contributed by atoms with van der Waals surface area (Å²) in [6.45, 7) is 0.942. The van der Waals surface area contributed by atoms with Crippen LogP contribution in [0.1, 0.15) is 44.9 Å². The largest absolute Gasteiger partial charge is 0.338 e. The fourth-order valence-electron chi connectivity index (χ4n) is 2.68. The lowest BCUT2D eigenvalue weighted by Gasteiger charge is -2.38. The van der Waals surface area contributed by atoms with Crippen molar-refractivity contribution in [2.45, 2.75) is 57.0 Å². The molecule has 1 amide bonds. The van der Waals surface area contributed by atoms with Crippen molar-refractivity contribution in [2.75, 3.05) is 6.54 Å². The van der Waals surface area contributed by atoms with Gasteiger partial charge in [0.1, 0.15) is 0 Å². The summed E-state index contributed by atoms with van der Waals surface area (Å²) >= 11 is 0. The van der Waals surface area contributed by atoms with E-state index in [9.17, 15) is 4.79 Å². The van der Waals surface area contributed by atoms with E-state index < -0.39 is 0 Å². The first kappa shape index (κ1) is 9.97. The summed E-state index contributed by atoms with van der Waals surface area (Å²) in [6, 6.07) is 0.285. The molecule has 0 aromatic rings. The summed E-state index contributed by atoms with van der Waals surface area (Å²) in [7, 11) is 0. The van der Waals surface area contributed by atoms with Crippen LogP contribution >= 0.6 is 0 Å². The number of hydrogen-bond donors (Lipinski definition) is 1. The highest BCUT2D eigenvalue weighted by atomic mass is 16.2. The minimum absolute atomic E-state index is 0.197. The molecule has 0 bridgehead atoms. The molecule has 0 aromatic carbocycles. The van der Waals surface area contributed by atoms with E-state index in [2.05, 4.69) is 0 Å². The molecule has 1 saturated carbocycles. The van der Waals surface area contributed by atoms with Crippen molar-refractivity contribution >= 4 is 5.91 Å². The van der Waals surface area contributed by atoms with Gasteiger partial charge in [-0.15, -0.1) is 0 Å². The Morgan fingerprint density at radius 2 is 1.79 bits per heavy atom. The third-order valence-corrected chi connectivity index (χ3v) is 3.53. The Morgan fingerprint density at radius 1 is 1.07 bits per heavy atom. The molecule has 1 saturated heterocycles. The van der Waals surface area contributed by atoms with Gasteiger partial charge in [-0.05, 0) is 25.7 Å². The van der Waals surface area contributed by atoms with Crippen LogP contribution in [-0.2, 0) is 4.79 Å². The summed E-state index contributed by atoms with van der Waals surface area (Å²) in [5.74, 6) is 0.197. The van der Waals surface area contributed by atoms with Crippen LogP contribution in [0.15, 0.2) is 0 Å². The van der Waals surface area contributed by atoms with Gasteiger partial charge in [-0.2, -0.15) is 0 Å². The molecule has 3 heteroatoms. The maximum Gasteiger partial charge on any atom is 0.239 e. The summed E-state index contributed by atoms with van der Waals surface area (Å²) in [5.41, 5.74) is 5.78. The fraction of sp³-hybridized carbons (Fsp3) is 0.909. The van der Waals surface area contributed by atoms with Gasteiger partial charge in [0.2, 0.25) is 5.91 Å². The number of hydrogen-bond acceptors (Lipinski definition) is 2. The Morgan fingerprint density at radius 3 is 2.50 bits per heavy atom. The molecule has 3 nitrogen and oxygen atoms in total. The van der Waals surface area contributed by atoms with Crippen molar-refractivity contribution in [3.8, 4) is 0 Å². The molecule has 2 N–H and O–H groups in total. The first-order chi connectivity index (χ1) is 6.79. The lowest BCUT2D eigenvalue weighted by atomic mass is 9.92. The number of likely N-dealkylation sites (tertiary alicyclic amines) is 1. The van der Waals surface area contributed by atoms with Crippen molar-refractivity contribution in [3.05, 3.63) is 0 Å². The molecular formula is C11H20N2O. The molecule has 14 heavy (non-hydrogen) atoms. The number of rotatable bonds is 1. The number of amides is 1. The van der Waals surface area contributed by atoms with Gasteiger partial charge in [-0.25, -0.2) is 0 Å². The second-order valence-corrected chi connectivity index (χ2v) is 4.57. The third-order valence-electron chi connectivity index (χ3n) is 3.53. The van der Waals surface area contributed by atoms with E-state index in [0.717, 1.165) is 19.4 Å². The maximum absolute atomic E-state index is 11.8. The van der Waals surface area contributed by atoms with Crippen molar-refractivity contribution in [3.63, 3.8) is 0 Å². The van der Waals surface area contributed by atoms with Crippen LogP contribution in [0.2, 0.25) is 0 Å². The van der Waals surface area contributed by atoms with Gasteiger partial charge in [-0.3, -0.25) is 4.79 Å². The second kappa shape index (κ2) is 4.30. The molecule has 2 rings (SSSR count). The molecule has 2 fully saturated rings. The minimum atomic E-state index is -0.217. The second-order valence-electron chi connectivity index (χ2n) is 4.57. The van der Waals surface area contributed by atoms with E-state index in [0.29, 0.717) is 6.04 Å². The topological polar surface area (TPSA) is 46.3 Å². The number of piperidine rings is 1. The van der Waals surface area contributed by atoms with E-state index in [4.69, 9.17) is 5.73 Å². The van der Waals surface area contributed by atoms with E-state index >= 15 is 0 Å². The average Bonchev–Trinajstić information content (AvgIpc) is 2.23. The zero-order chi connectivity index (χ0) is 9.97. The van der Waals surface area contributed by atoms with Crippen molar-refractivity contribution in [2.24, 2.45) is 5.73 Å². The molecule has 1 aliphatic heterocycles. The Labute approximate surface area is 85.6 Å². The molecule has 0 radical (unpaired) electrons. The normalized spacial score (nSPS) is 30.8. The van der Waals surface area contributed by atoms with Crippen molar-refractivity contribution in [1.29, 1.82) is 0 Å². The number of nitrogens with zero attached hydrogens (tertiary/aromatic N) is 1. The zero-order valence-corrected chi connectivity index (χ0v) is 8.74. The Balaban J connectivity index is 1.97. The van der Waals surface area contributed by atoms with Gasteiger partial charge >= 0.3 is 0 Å². The van der Waals surface area contributed by atoms with E-state index in [1.54, 1.807) is 0 Å². The minimum Gasteiger partial charge on any atom is -0.338 e. The Kier molecular flexibility index (Phi) is 3.06. The molecule has 2 aliphatic rings. The molecule has 1 heterocycles. The first-order valence-corrected chi connectivity index (χ1v) is 5.85. The zero-order valence-electron chi connectivity index (χ0n) is 8.74. The van der Waals surface area contributed by atoms with Gasteiger partial charge in [0.25, 0.3) is 0 Å². The molecular weight excluding hydrogens is 176 g/mol. The highest BCUT2D eigenvalue weighted by Crippen LogP contribution is 2.25. The smallest absolute Gasteiger partial charge is 0.239 e. The van der Waals surface area contributed by atoms with Gasteiger partial charge in [0.05, 0.1) is 6.04 Å². The number of carbonyl (C=O) groups excluding carboxylic acids is 1. The predicted molar refractivity (Wildman–Crippen MR) is 55.8 cm³/mol. The molecule has 0 aromatic heterocycles. The molecule has 1 atom stereocenters. The Hall–Kier alpha value is -0.570. The van der Waals surface area contributed by atoms with E-state index in [-0.39, 0.29) is 11.9 Å². The third kappa shape index (κ3) is 1.92. The molecule has 0 spiro atoms. The van der Waals surface area contributed by atoms with Gasteiger partial charge in [0, 0.05) is 12.6 Å². The average molecular weight is 196 g/mol. The van der Waals surface area contributed by atoms with Crippen molar-refractivity contribution in [1.82, 2.24) is 4.90 Å². The molecule has 80 valence electrons. The van der Waals surface area contributed by atoms with Crippen LogP contribution in [0, 0.1) is 0 Å². The summed E-state index contributed by atoms with van der Waals surface area (Å²) < 4.78 is 0. The quantitative estimate of drug-likeness (QED) is 0.686. The highest BCUT2D eigenvalue weighted by Gasteiger charge is 2.31. The summed E-state index contributed by atoms with van der Waals surface area (Å²) in [6.07, 6.45) is 8.25. The van der Waals surface area contributed by atoms with Crippen LogP contribution in [0.3, 0.4) is 0 Å². The van der Waals surface area contributed by atoms with E-state index in [1.807, 2.05) is 4.90 Å². The van der Waals surface area contributed by atoms with Crippen molar-refractivity contribution < 1.29 is 4.79 Å². The van der Waals surface area contributed by atoms with Crippen LogP contribution < -0.4 is 5.73 Å².